The number of hydrogen-bond acceptors (Lipinski definition) is 5. The minimum atomic E-state index is -4.79. The van der Waals surface area contributed by atoms with Gasteiger partial charge in [0.15, 0.2) is 0 Å². The van der Waals surface area contributed by atoms with E-state index in [1.807, 2.05) is 11.8 Å². The first-order valence-electron chi connectivity index (χ1n) is 8.23. The summed E-state index contributed by atoms with van der Waals surface area (Å²) in [6, 6.07) is 8.83. The van der Waals surface area contributed by atoms with Crippen molar-refractivity contribution in [3.05, 3.63) is 53.7 Å². The molecule has 0 aliphatic carbocycles. The average molecular weight is 398 g/mol. The number of amides is 1. The van der Waals surface area contributed by atoms with E-state index in [9.17, 15) is 18.0 Å². The van der Waals surface area contributed by atoms with Gasteiger partial charge in [-0.05, 0) is 24.3 Å². The van der Waals surface area contributed by atoms with Gasteiger partial charge in [-0.2, -0.15) is 11.8 Å². The number of alkyl halides is 3. The Balaban J connectivity index is 1.58. The highest BCUT2D eigenvalue weighted by atomic mass is 32.2. The molecule has 1 saturated heterocycles. The molecule has 2 aromatic rings. The highest BCUT2D eigenvalue weighted by molar-refractivity contribution is 7.99. The largest absolute Gasteiger partial charge is 0.573 e. The molecule has 3 rings (SSSR count). The lowest BCUT2D eigenvalue weighted by Crippen LogP contribution is -2.24. The highest BCUT2D eigenvalue weighted by Crippen LogP contribution is 2.26. The van der Waals surface area contributed by atoms with Crippen LogP contribution in [-0.4, -0.2) is 34.9 Å². The molecule has 1 amide bonds. The number of ether oxygens (including phenoxy) is 2. The number of benzene rings is 1. The van der Waals surface area contributed by atoms with Crippen molar-refractivity contribution in [3.63, 3.8) is 0 Å². The first-order valence-corrected chi connectivity index (χ1v) is 9.38. The number of rotatable bonds is 6. The lowest BCUT2D eigenvalue weighted by atomic mass is 10.2. The Morgan fingerprint density at radius 2 is 2.07 bits per heavy atom. The molecule has 0 radical (unpaired) electrons. The zero-order valence-corrected chi connectivity index (χ0v) is 15.0. The first-order chi connectivity index (χ1) is 12.9. The van der Waals surface area contributed by atoms with Gasteiger partial charge in [-0.1, -0.05) is 18.2 Å². The fraction of sp³-hybridized carbons (Fsp3) is 0.333. The Bertz CT molecular complexity index is 778. The van der Waals surface area contributed by atoms with Crippen molar-refractivity contribution in [1.29, 1.82) is 0 Å². The summed E-state index contributed by atoms with van der Waals surface area (Å²) in [7, 11) is 0. The standard InChI is InChI=1S/C18H17F3N2O3S/c19-18(20,21)26-15-4-2-1-3-12(15)9-23-17(24)13-5-6-16(22-10-13)25-14-7-8-27-11-14/h1-6,10,14H,7-9,11H2,(H,23,24)/t14-/m0/s1. The smallest absolute Gasteiger partial charge is 0.473 e. The van der Waals surface area contributed by atoms with Crippen molar-refractivity contribution >= 4 is 17.7 Å². The summed E-state index contributed by atoms with van der Waals surface area (Å²) in [5.41, 5.74) is 0.507. The van der Waals surface area contributed by atoms with E-state index in [2.05, 4.69) is 15.0 Å². The summed E-state index contributed by atoms with van der Waals surface area (Å²) in [6.07, 6.45) is -2.32. The molecule has 144 valence electrons. The van der Waals surface area contributed by atoms with Gasteiger partial charge in [-0.3, -0.25) is 4.79 Å². The lowest BCUT2D eigenvalue weighted by molar-refractivity contribution is -0.274. The summed E-state index contributed by atoms with van der Waals surface area (Å²) in [5.74, 6) is 1.63. The van der Waals surface area contributed by atoms with Crippen molar-refractivity contribution in [2.24, 2.45) is 0 Å². The Hall–Kier alpha value is -2.42. The molecule has 1 fully saturated rings. The van der Waals surface area contributed by atoms with Crippen LogP contribution in [-0.2, 0) is 6.54 Å². The molecule has 9 heteroatoms. The van der Waals surface area contributed by atoms with Crippen molar-refractivity contribution in [3.8, 4) is 11.6 Å². The molecule has 1 aromatic carbocycles. The third kappa shape index (κ3) is 5.78. The number of pyridine rings is 1. The van der Waals surface area contributed by atoms with Crippen LogP contribution in [0.25, 0.3) is 0 Å². The van der Waals surface area contributed by atoms with Gasteiger partial charge >= 0.3 is 6.36 Å². The van der Waals surface area contributed by atoms with E-state index in [4.69, 9.17) is 4.74 Å². The summed E-state index contributed by atoms with van der Waals surface area (Å²) in [4.78, 5) is 16.3. The minimum absolute atomic E-state index is 0.108. The predicted octanol–water partition coefficient (Wildman–Crippen LogP) is 3.79. The van der Waals surface area contributed by atoms with Gasteiger partial charge < -0.3 is 14.8 Å². The van der Waals surface area contributed by atoms with Crippen molar-refractivity contribution in [2.75, 3.05) is 11.5 Å². The highest BCUT2D eigenvalue weighted by Gasteiger charge is 2.32. The maximum absolute atomic E-state index is 12.4. The number of carbonyl (C=O) groups is 1. The maximum Gasteiger partial charge on any atom is 0.573 e. The molecule has 0 spiro atoms. The third-order valence-electron chi connectivity index (χ3n) is 3.81. The van der Waals surface area contributed by atoms with Crippen LogP contribution in [0.3, 0.4) is 0 Å². The van der Waals surface area contributed by atoms with Crippen LogP contribution in [0.5, 0.6) is 11.6 Å². The van der Waals surface area contributed by atoms with E-state index in [1.54, 1.807) is 18.2 Å². The van der Waals surface area contributed by atoms with E-state index in [1.165, 1.54) is 24.4 Å². The van der Waals surface area contributed by atoms with Crippen molar-refractivity contribution in [2.45, 2.75) is 25.4 Å². The second-order valence-electron chi connectivity index (χ2n) is 5.83. The number of aromatic nitrogens is 1. The maximum atomic E-state index is 12.4. The number of carbonyl (C=O) groups excluding carboxylic acids is 1. The second kappa shape index (κ2) is 8.51. The van der Waals surface area contributed by atoms with Gasteiger partial charge in [0, 0.05) is 30.1 Å². The fourth-order valence-electron chi connectivity index (χ4n) is 2.51. The molecule has 1 aromatic heterocycles. The van der Waals surface area contributed by atoms with E-state index >= 15 is 0 Å². The fourth-order valence-corrected chi connectivity index (χ4v) is 3.61. The van der Waals surface area contributed by atoms with E-state index < -0.39 is 12.3 Å². The van der Waals surface area contributed by atoms with E-state index in [0.29, 0.717) is 5.88 Å². The normalized spacial score (nSPS) is 16.8. The number of para-hydroxylation sites is 1. The Morgan fingerprint density at radius 3 is 2.74 bits per heavy atom. The minimum Gasteiger partial charge on any atom is -0.473 e. The van der Waals surface area contributed by atoms with Crippen molar-refractivity contribution in [1.82, 2.24) is 10.3 Å². The number of thioether (sulfide) groups is 1. The molecule has 1 aliphatic heterocycles. The number of hydrogen-bond donors (Lipinski definition) is 1. The van der Waals surface area contributed by atoms with Crippen LogP contribution in [0.1, 0.15) is 22.3 Å². The van der Waals surface area contributed by atoms with Gasteiger partial charge in [0.1, 0.15) is 11.9 Å². The van der Waals surface area contributed by atoms with Crippen molar-refractivity contribution < 1.29 is 27.4 Å². The number of nitrogens with zero attached hydrogens (tertiary/aromatic N) is 1. The van der Waals surface area contributed by atoms with Gasteiger partial charge in [0.05, 0.1) is 5.56 Å². The molecule has 0 saturated carbocycles. The topological polar surface area (TPSA) is 60.5 Å². The zero-order valence-electron chi connectivity index (χ0n) is 14.2. The monoisotopic (exact) mass is 398 g/mol. The Morgan fingerprint density at radius 1 is 1.26 bits per heavy atom. The molecule has 27 heavy (non-hydrogen) atoms. The Kier molecular flexibility index (Phi) is 6.10. The molecule has 1 aliphatic rings. The number of nitrogens with one attached hydrogen (secondary N) is 1. The molecule has 1 atom stereocenters. The SMILES string of the molecule is O=C(NCc1ccccc1OC(F)(F)F)c1ccc(O[C@H]2CCSC2)nc1. The third-order valence-corrected chi connectivity index (χ3v) is 4.94. The van der Waals surface area contributed by atoms with Crippen LogP contribution >= 0.6 is 11.8 Å². The average Bonchev–Trinajstić information content (AvgIpc) is 3.13. The van der Waals surface area contributed by atoms with Crippen LogP contribution in [0, 0.1) is 0 Å². The summed E-state index contributed by atoms with van der Waals surface area (Å²) in [5, 5.41) is 2.56. The zero-order chi connectivity index (χ0) is 19.3. The van der Waals surface area contributed by atoms with Crippen LogP contribution < -0.4 is 14.8 Å². The Labute approximate surface area is 158 Å². The van der Waals surface area contributed by atoms with Gasteiger partial charge in [-0.25, -0.2) is 4.98 Å². The summed E-state index contributed by atoms with van der Waals surface area (Å²) < 4.78 is 47.0. The van der Waals surface area contributed by atoms with E-state index in [-0.39, 0.29) is 29.5 Å². The molecule has 0 bridgehead atoms. The molecule has 5 nitrogen and oxygen atoms in total. The molecule has 2 heterocycles. The van der Waals surface area contributed by atoms with Crippen LogP contribution in [0.2, 0.25) is 0 Å². The molecular formula is C18H17F3N2O3S. The quantitative estimate of drug-likeness (QED) is 0.802. The first kappa shape index (κ1) is 19.3. The van der Waals surface area contributed by atoms with Gasteiger partial charge in [0.25, 0.3) is 5.91 Å². The summed E-state index contributed by atoms with van der Waals surface area (Å²) in [6.45, 7) is -0.108. The lowest BCUT2D eigenvalue weighted by Gasteiger charge is -2.14. The summed E-state index contributed by atoms with van der Waals surface area (Å²) >= 11 is 1.82. The van der Waals surface area contributed by atoms with Gasteiger partial charge in [0.2, 0.25) is 5.88 Å². The molecular weight excluding hydrogens is 381 g/mol. The van der Waals surface area contributed by atoms with Crippen LogP contribution in [0.4, 0.5) is 13.2 Å². The van der Waals surface area contributed by atoms with E-state index in [0.717, 1.165) is 17.9 Å². The van der Waals surface area contributed by atoms with Gasteiger partial charge in [-0.15, -0.1) is 13.2 Å². The predicted molar refractivity (Wildman–Crippen MR) is 94.9 cm³/mol. The molecule has 1 N–H and O–H groups in total. The van der Waals surface area contributed by atoms with Crippen LogP contribution in [0.15, 0.2) is 42.6 Å². The molecule has 0 unspecified atom stereocenters. The second-order valence-corrected chi connectivity index (χ2v) is 6.98. The number of halogens is 3.